The molecule has 1 atom stereocenters. The zero-order chi connectivity index (χ0) is 17.8. The molecule has 0 saturated carbocycles. The van der Waals surface area contributed by atoms with Gasteiger partial charge >= 0.3 is 0 Å². The summed E-state index contributed by atoms with van der Waals surface area (Å²) in [4.78, 5) is 14.0. The van der Waals surface area contributed by atoms with E-state index in [2.05, 4.69) is 15.1 Å². The van der Waals surface area contributed by atoms with Crippen molar-refractivity contribution in [3.05, 3.63) is 78.1 Å². The van der Waals surface area contributed by atoms with Crippen molar-refractivity contribution in [3.8, 4) is 11.6 Å². The van der Waals surface area contributed by atoms with Gasteiger partial charge in [0.15, 0.2) is 6.10 Å². The van der Waals surface area contributed by atoms with Gasteiger partial charge < -0.3 is 15.3 Å². The third-order valence-corrected chi connectivity index (χ3v) is 4.08. The first-order valence-electron chi connectivity index (χ1n) is 8.37. The number of pyridine rings is 2. The largest absolute Gasteiger partial charge is 0.439 e. The number of benzene rings is 1. The minimum absolute atomic E-state index is 0.105. The highest BCUT2D eigenvalue weighted by Gasteiger charge is 2.23. The van der Waals surface area contributed by atoms with Crippen LogP contribution in [0.3, 0.4) is 0 Å². The molecular formula is C20H18N4O2. The van der Waals surface area contributed by atoms with Crippen LogP contribution in [0.5, 0.6) is 11.6 Å². The molecule has 0 aliphatic carbocycles. The van der Waals surface area contributed by atoms with E-state index in [-0.39, 0.29) is 6.10 Å². The molecule has 6 heteroatoms. The monoisotopic (exact) mass is 346 g/mol. The summed E-state index contributed by atoms with van der Waals surface area (Å²) in [7, 11) is 0. The fourth-order valence-corrected chi connectivity index (χ4v) is 2.74. The molecule has 0 bridgehead atoms. The van der Waals surface area contributed by atoms with E-state index in [1.807, 2.05) is 48.5 Å². The molecule has 2 N–H and O–H groups in total. The van der Waals surface area contributed by atoms with Crippen LogP contribution in [-0.4, -0.2) is 15.7 Å². The Bertz CT molecular complexity index is 893. The number of hydrogen-bond donors (Lipinski definition) is 1. The lowest BCUT2D eigenvalue weighted by Gasteiger charge is -2.08. The van der Waals surface area contributed by atoms with E-state index in [9.17, 15) is 0 Å². The number of rotatable bonds is 5. The molecule has 130 valence electrons. The van der Waals surface area contributed by atoms with Crippen molar-refractivity contribution < 1.29 is 9.57 Å². The Morgan fingerprint density at radius 2 is 1.88 bits per heavy atom. The zero-order valence-corrected chi connectivity index (χ0v) is 14.1. The molecule has 3 heterocycles. The molecule has 26 heavy (non-hydrogen) atoms. The molecule has 0 amide bonds. The van der Waals surface area contributed by atoms with Gasteiger partial charge in [0.1, 0.15) is 11.6 Å². The normalized spacial score (nSPS) is 16.0. The molecule has 0 saturated heterocycles. The highest BCUT2D eigenvalue weighted by molar-refractivity contribution is 5.87. The lowest BCUT2D eigenvalue weighted by molar-refractivity contribution is 0.0855. The Morgan fingerprint density at radius 3 is 2.62 bits per heavy atom. The fourth-order valence-electron chi connectivity index (χ4n) is 2.74. The molecule has 2 aromatic heterocycles. The molecule has 3 aromatic rings. The molecule has 1 aromatic carbocycles. The molecule has 0 radical (unpaired) electrons. The number of anilines is 1. The first-order chi connectivity index (χ1) is 12.8. The summed E-state index contributed by atoms with van der Waals surface area (Å²) in [6.45, 7) is 0. The number of oxime groups is 1. The van der Waals surface area contributed by atoms with Gasteiger partial charge in [0.2, 0.25) is 5.88 Å². The van der Waals surface area contributed by atoms with Gasteiger partial charge in [-0.1, -0.05) is 35.5 Å². The van der Waals surface area contributed by atoms with Gasteiger partial charge in [-0.05, 0) is 23.8 Å². The van der Waals surface area contributed by atoms with Crippen LogP contribution in [0.4, 0.5) is 5.82 Å². The van der Waals surface area contributed by atoms with Crippen LogP contribution < -0.4 is 10.5 Å². The van der Waals surface area contributed by atoms with E-state index in [0.29, 0.717) is 18.1 Å². The second kappa shape index (κ2) is 7.23. The molecule has 0 spiro atoms. The van der Waals surface area contributed by atoms with Gasteiger partial charge in [-0.25, -0.2) is 9.97 Å². The van der Waals surface area contributed by atoms with Crippen LogP contribution in [0, 0.1) is 0 Å². The molecule has 1 aliphatic heterocycles. The van der Waals surface area contributed by atoms with Crippen molar-refractivity contribution in [2.75, 3.05) is 5.73 Å². The topological polar surface area (TPSA) is 82.6 Å². The Labute approximate surface area is 151 Å². The highest BCUT2D eigenvalue weighted by Crippen LogP contribution is 2.28. The van der Waals surface area contributed by atoms with Crippen molar-refractivity contribution >= 4 is 11.5 Å². The van der Waals surface area contributed by atoms with Crippen molar-refractivity contribution in [2.24, 2.45) is 5.16 Å². The van der Waals surface area contributed by atoms with Crippen molar-refractivity contribution in [3.63, 3.8) is 0 Å². The molecule has 6 nitrogen and oxygen atoms in total. The summed E-state index contributed by atoms with van der Waals surface area (Å²) in [6.07, 6.45) is 4.85. The van der Waals surface area contributed by atoms with E-state index >= 15 is 0 Å². The maximum Gasteiger partial charge on any atom is 0.219 e. The predicted molar refractivity (Wildman–Crippen MR) is 99.0 cm³/mol. The lowest BCUT2D eigenvalue weighted by Crippen LogP contribution is -2.04. The Morgan fingerprint density at radius 1 is 1.00 bits per heavy atom. The van der Waals surface area contributed by atoms with E-state index in [0.717, 1.165) is 29.0 Å². The van der Waals surface area contributed by atoms with Crippen molar-refractivity contribution in [2.45, 2.75) is 18.9 Å². The van der Waals surface area contributed by atoms with Gasteiger partial charge in [0, 0.05) is 36.9 Å². The molecule has 4 rings (SSSR count). The van der Waals surface area contributed by atoms with E-state index in [1.54, 1.807) is 18.5 Å². The zero-order valence-electron chi connectivity index (χ0n) is 14.1. The maximum atomic E-state index is 5.70. The van der Waals surface area contributed by atoms with Gasteiger partial charge in [0.25, 0.3) is 0 Å². The fraction of sp³-hybridized carbons (Fsp3) is 0.150. The van der Waals surface area contributed by atoms with E-state index in [4.69, 9.17) is 15.3 Å². The van der Waals surface area contributed by atoms with Crippen LogP contribution in [0.2, 0.25) is 0 Å². The molecule has 1 aliphatic rings. The summed E-state index contributed by atoms with van der Waals surface area (Å²) in [5, 5.41) is 4.20. The van der Waals surface area contributed by atoms with Crippen molar-refractivity contribution in [1.29, 1.82) is 0 Å². The molecular weight excluding hydrogens is 328 g/mol. The minimum atomic E-state index is -0.105. The van der Waals surface area contributed by atoms with Gasteiger partial charge in [-0.2, -0.15) is 0 Å². The summed E-state index contributed by atoms with van der Waals surface area (Å²) in [5.74, 6) is 1.83. The van der Waals surface area contributed by atoms with Gasteiger partial charge in [0.05, 0.1) is 5.71 Å². The van der Waals surface area contributed by atoms with Gasteiger partial charge in [-0.15, -0.1) is 0 Å². The predicted octanol–water partition coefficient (Wildman–Crippen LogP) is 3.91. The minimum Gasteiger partial charge on any atom is -0.439 e. The number of nitrogen functional groups attached to an aromatic ring is 1. The van der Waals surface area contributed by atoms with E-state index < -0.39 is 0 Å². The summed E-state index contributed by atoms with van der Waals surface area (Å²) < 4.78 is 5.70. The summed E-state index contributed by atoms with van der Waals surface area (Å²) >= 11 is 0. The first kappa shape index (κ1) is 16.1. The second-order valence-electron chi connectivity index (χ2n) is 6.07. The number of nitrogens with zero attached hydrogens (tertiary/aromatic N) is 3. The standard InChI is InChI=1S/C20H18N4O2/c21-19-8-7-15(13-22-19)18-11-16(24-26-18)10-14-6-9-20(23-12-14)25-17-4-2-1-3-5-17/h1-9,12-13,18H,10-11H2,(H2,21,22). The third-order valence-electron chi connectivity index (χ3n) is 4.08. The highest BCUT2D eigenvalue weighted by atomic mass is 16.6. The Balaban J connectivity index is 1.35. The van der Waals surface area contributed by atoms with Crippen molar-refractivity contribution in [1.82, 2.24) is 9.97 Å². The van der Waals surface area contributed by atoms with Crippen LogP contribution in [0.15, 0.2) is 72.1 Å². The molecule has 1 unspecified atom stereocenters. The number of para-hydroxylation sites is 1. The number of hydrogen-bond acceptors (Lipinski definition) is 6. The van der Waals surface area contributed by atoms with Gasteiger partial charge in [-0.3, -0.25) is 0 Å². The number of nitrogens with two attached hydrogens (primary N) is 1. The summed E-state index contributed by atoms with van der Waals surface area (Å²) in [5.41, 5.74) is 8.63. The quantitative estimate of drug-likeness (QED) is 0.757. The Kier molecular flexibility index (Phi) is 4.47. The lowest BCUT2D eigenvalue weighted by atomic mass is 10.0. The SMILES string of the molecule is Nc1ccc(C2CC(Cc3ccc(Oc4ccccc4)nc3)=NO2)cn1. The van der Waals surface area contributed by atoms with Crippen LogP contribution in [0.25, 0.3) is 0 Å². The molecule has 0 fully saturated rings. The van der Waals surface area contributed by atoms with Crippen LogP contribution in [-0.2, 0) is 11.3 Å². The number of ether oxygens (including phenoxy) is 1. The average molecular weight is 346 g/mol. The summed E-state index contributed by atoms with van der Waals surface area (Å²) in [6, 6.07) is 17.1. The first-order valence-corrected chi connectivity index (χ1v) is 8.37. The third kappa shape index (κ3) is 3.80. The maximum absolute atomic E-state index is 5.70. The van der Waals surface area contributed by atoms with E-state index in [1.165, 1.54) is 0 Å². The number of aromatic nitrogens is 2. The van der Waals surface area contributed by atoms with Crippen LogP contribution in [0.1, 0.15) is 23.7 Å². The Hall–Kier alpha value is -3.41. The second-order valence-corrected chi connectivity index (χ2v) is 6.07. The van der Waals surface area contributed by atoms with Crippen LogP contribution >= 0.6 is 0 Å². The average Bonchev–Trinajstić information content (AvgIpc) is 3.13. The smallest absolute Gasteiger partial charge is 0.219 e.